The van der Waals surface area contributed by atoms with Gasteiger partial charge in [-0.05, 0) is 49.7 Å². The third-order valence-corrected chi connectivity index (χ3v) is 3.35. The molecule has 0 unspecified atom stereocenters. The molecule has 1 aromatic heterocycles. The summed E-state index contributed by atoms with van der Waals surface area (Å²) in [4.78, 5) is 0. The van der Waals surface area contributed by atoms with Crippen molar-refractivity contribution in [3.05, 3.63) is 46.5 Å². The van der Waals surface area contributed by atoms with E-state index < -0.39 is 0 Å². The van der Waals surface area contributed by atoms with Gasteiger partial charge in [-0.25, -0.2) is 0 Å². The lowest BCUT2D eigenvalue weighted by Gasteiger charge is -2.11. The Bertz CT molecular complexity index is 634. The van der Waals surface area contributed by atoms with Gasteiger partial charge in [0.2, 0.25) is 0 Å². The van der Waals surface area contributed by atoms with Crippen LogP contribution in [-0.4, -0.2) is 14.8 Å². The van der Waals surface area contributed by atoms with E-state index in [0.29, 0.717) is 4.77 Å². The summed E-state index contributed by atoms with van der Waals surface area (Å²) in [6, 6.07) is 8.28. The van der Waals surface area contributed by atoms with E-state index in [-0.39, 0.29) is 0 Å². The average molecular weight is 259 g/mol. The minimum Gasteiger partial charge on any atom is -0.268 e. The summed E-state index contributed by atoms with van der Waals surface area (Å²) >= 11 is 5.35. The number of para-hydroxylation sites is 1. The van der Waals surface area contributed by atoms with Crippen LogP contribution in [0, 0.1) is 4.77 Å². The molecule has 0 aliphatic rings. The Balaban J connectivity index is 2.71. The van der Waals surface area contributed by atoms with Crippen LogP contribution in [0.4, 0.5) is 0 Å². The number of hydrogen-bond donors (Lipinski definition) is 1. The molecule has 0 amide bonds. The van der Waals surface area contributed by atoms with E-state index in [4.69, 9.17) is 12.2 Å². The van der Waals surface area contributed by atoms with Crippen LogP contribution in [0.15, 0.2) is 30.3 Å². The zero-order valence-electron chi connectivity index (χ0n) is 10.9. The van der Waals surface area contributed by atoms with E-state index in [9.17, 15) is 0 Å². The van der Waals surface area contributed by atoms with Crippen molar-refractivity contribution in [3.8, 4) is 5.69 Å². The van der Waals surface area contributed by atoms with Gasteiger partial charge < -0.3 is 0 Å². The molecule has 3 nitrogen and oxygen atoms in total. The van der Waals surface area contributed by atoms with Gasteiger partial charge in [-0.2, -0.15) is 5.10 Å². The molecule has 94 valence electrons. The molecule has 18 heavy (non-hydrogen) atoms. The quantitative estimate of drug-likeness (QED) is 0.848. The van der Waals surface area contributed by atoms with Crippen LogP contribution in [0.3, 0.4) is 0 Å². The summed E-state index contributed by atoms with van der Waals surface area (Å²) in [6.45, 7) is 6.18. The minimum atomic E-state index is 0.632. The predicted molar refractivity (Wildman–Crippen MR) is 77.5 cm³/mol. The van der Waals surface area contributed by atoms with Gasteiger partial charge in [0.05, 0.1) is 5.69 Å². The highest BCUT2D eigenvalue weighted by molar-refractivity contribution is 7.71. The third-order valence-electron chi connectivity index (χ3n) is 3.07. The van der Waals surface area contributed by atoms with Crippen LogP contribution in [-0.2, 0) is 6.42 Å². The lowest BCUT2D eigenvalue weighted by molar-refractivity contribution is 0.968. The molecule has 0 aliphatic carbocycles. The number of rotatable bonds is 3. The van der Waals surface area contributed by atoms with Crippen LogP contribution in [0.25, 0.3) is 11.3 Å². The minimum absolute atomic E-state index is 0.632. The summed E-state index contributed by atoms with van der Waals surface area (Å²) in [5.74, 6) is 0.878. The highest BCUT2D eigenvalue weighted by atomic mass is 32.1. The summed E-state index contributed by atoms with van der Waals surface area (Å²) in [5, 5.41) is 7.19. The Morgan fingerprint density at radius 2 is 2.17 bits per heavy atom. The van der Waals surface area contributed by atoms with Crippen molar-refractivity contribution in [1.29, 1.82) is 0 Å². The van der Waals surface area contributed by atoms with Crippen molar-refractivity contribution in [2.75, 3.05) is 0 Å². The predicted octanol–water partition coefficient (Wildman–Crippen LogP) is 3.92. The number of nitrogens with zero attached hydrogens (tertiary/aromatic N) is 2. The Labute approximate surface area is 112 Å². The van der Waals surface area contributed by atoms with E-state index in [2.05, 4.69) is 29.3 Å². The normalized spacial score (nSPS) is 11.8. The maximum absolute atomic E-state index is 5.35. The zero-order chi connectivity index (χ0) is 13.1. The molecule has 0 saturated heterocycles. The van der Waals surface area contributed by atoms with Crippen LogP contribution in [0.5, 0.6) is 0 Å². The molecule has 1 heterocycles. The molecule has 0 bridgehead atoms. The molecule has 0 aliphatic heterocycles. The first kappa shape index (κ1) is 12.8. The first-order valence-corrected chi connectivity index (χ1v) is 6.48. The first-order valence-electron chi connectivity index (χ1n) is 6.08. The number of nitrogens with one attached hydrogen (secondary N) is 1. The summed E-state index contributed by atoms with van der Waals surface area (Å²) in [5.41, 5.74) is 3.48. The molecule has 1 aromatic carbocycles. The van der Waals surface area contributed by atoms with E-state index in [1.165, 1.54) is 5.56 Å². The fourth-order valence-corrected chi connectivity index (χ4v) is 2.17. The molecule has 0 atom stereocenters. The van der Waals surface area contributed by atoms with Crippen LogP contribution >= 0.6 is 12.2 Å². The fourth-order valence-electron chi connectivity index (χ4n) is 1.94. The summed E-state index contributed by atoms with van der Waals surface area (Å²) in [7, 11) is 0. The van der Waals surface area contributed by atoms with Crippen molar-refractivity contribution in [3.63, 3.8) is 0 Å². The van der Waals surface area contributed by atoms with Gasteiger partial charge in [0.1, 0.15) is 0 Å². The SMILES string of the molecule is C/C=C(\C)c1n[nH]c(=S)n1-c1ccccc1CC. The molecule has 0 radical (unpaired) electrons. The molecular weight excluding hydrogens is 242 g/mol. The fraction of sp³-hybridized carbons (Fsp3) is 0.286. The van der Waals surface area contributed by atoms with Crippen LogP contribution in [0.1, 0.15) is 32.2 Å². The zero-order valence-corrected chi connectivity index (χ0v) is 11.7. The standard InChI is InChI=1S/C14H17N3S/c1-4-10(3)13-15-16-14(18)17(13)12-9-7-6-8-11(12)5-2/h4,6-9H,5H2,1-3H3,(H,16,18)/b10-4+. The summed E-state index contributed by atoms with van der Waals surface area (Å²) in [6.07, 6.45) is 3.01. The second-order valence-corrected chi connectivity index (χ2v) is 4.53. The van der Waals surface area contributed by atoms with Crippen LogP contribution in [0.2, 0.25) is 0 Å². The number of allylic oxidation sites excluding steroid dienone is 2. The molecule has 0 fully saturated rings. The molecule has 0 saturated carbocycles. The van der Waals surface area contributed by atoms with Crippen molar-refractivity contribution < 1.29 is 0 Å². The number of aromatic nitrogens is 3. The Morgan fingerprint density at radius 1 is 1.44 bits per heavy atom. The number of benzene rings is 1. The Hall–Kier alpha value is -1.68. The molecule has 4 heteroatoms. The van der Waals surface area contributed by atoms with E-state index in [0.717, 1.165) is 23.5 Å². The number of hydrogen-bond acceptors (Lipinski definition) is 2. The number of aromatic amines is 1. The monoisotopic (exact) mass is 259 g/mol. The topological polar surface area (TPSA) is 33.6 Å². The number of aryl methyl sites for hydroxylation is 1. The molecular formula is C14H17N3S. The first-order chi connectivity index (χ1) is 8.69. The van der Waals surface area contributed by atoms with Crippen molar-refractivity contribution >= 4 is 17.8 Å². The van der Waals surface area contributed by atoms with E-state index >= 15 is 0 Å². The Morgan fingerprint density at radius 3 is 2.83 bits per heavy atom. The van der Waals surface area contributed by atoms with Gasteiger partial charge in [-0.15, -0.1) is 0 Å². The van der Waals surface area contributed by atoms with Gasteiger partial charge >= 0.3 is 0 Å². The average Bonchev–Trinajstić information content (AvgIpc) is 2.79. The highest BCUT2D eigenvalue weighted by Crippen LogP contribution is 2.20. The summed E-state index contributed by atoms with van der Waals surface area (Å²) < 4.78 is 2.64. The van der Waals surface area contributed by atoms with Gasteiger partial charge in [0.15, 0.2) is 10.6 Å². The van der Waals surface area contributed by atoms with Crippen LogP contribution < -0.4 is 0 Å². The maximum Gasteiger partial charge on any atom is 0.200 e. The smallest absolute Gasteiger partial charge is 0.200 e. The van der Waals surface area contributed by atoms with E-state index in [1.54, 1.807) is 0 Å². The Kier molecular flexibility index (Phi) is 3.77. The van der Waals surface area contributed by atoms with Crippen molar-refractivity contribution in [2.24, 2.45) is 0 Å². The third kappa shape index (κ3) is 2.16. The molecule has 2 aromatic rings. The second kappa shape index (κ2) is 5.31. The lowest BCUT2D eigenvalue weighted by Crippen LogP contribution is -2.03. The molecule has 0 spiro atoms. The molecule has 2 rings (SSSR count). The van der Waals surface area contributed by atoms with Gasteiger partial charge in [-0.1, -0.05) is 31.2 Å². The second-order valence-electron chi connectivity index (χ2n) is 4.14. The molecule has 1 N–H and O–H groups in total. The van der Waals surface area contributed by atoms with Crippen molar-refractivity contribution in [1.82, 2.24) is 14.8 Å². The van der Waals surface area contributed by atoms with Gasteiger partial charge in [0, 0.05) is 0 Å². The van der Waals surface area contributed by atoms with Gasteiger partial charge in [-0.3, -0.25) is 9.67 Å². The maximum atomic E-state index is 5.35. The van der Waals surface area contributed by atoms with E-state index in [1.807, 2.05) is 36.6 Å². The highest BCUT2D eigenvalue weighted by Gasteiger charge is 2.11. The largest absolute Gasteiger partial charge is 0.268 e. The lowest BCUT2D eigenvalue weighted by atomic mass is 10.1. The van der Waals surface area contributed by atoms with Crippen molar-refractivity contribution in [2.45, 2.75) is 27.2 Å². The number of H-pyrrole nitrogens is 1. The van der Waals surface area contributed by atoms with Gasteiger partial charge in [0.25, 0.3) is 0 Å².